The molecule has 302 valence electrons. The number of likely N-dealkylation sites (N-methyl/N-ethyl adjacent to an activating group) is 2. The van der Waals surface area contributed by atoms with Gasteiger partial charge in [-0.15, -0.1) is 11.3 Å². The van der Waals surface area contributed by atoms with Crippen molar-refractivity contribution in [1.29, 1.82) is 0 Å². The van der Waals surface area contributed by atoms with Crippen molar-refractivity contribution in [3.8, 4) is 0 Å². The lowest BCUT2D eigenvalue weighted by atomic mass is 9.94. The zero-order valence-electron chi connectivity index (χ0n) is 33.5. The normalized spacial score (nSPS) is 19.8. The van der Waals surface area contributed by atoms with Crippen LogP contribution in [0.3, 0.4) is 0 Å². The van der Waals surface area contributed by atoms with Gasteiger partial charge < -0.3 is 29.7 Å². The molecule has 15 heteroatoms. The van der Waals surface area contributed by atoms with Crippen LogP contribution in [0.4, 0.5) is 0 Å². The molecule has 0 spiro atoms. The molecule has 0 saturated carbocycles. The number of nitrogens with zero attached hydrogens (tertiary/aromatic N) is 3. The molecule has 0 radical (unpaired) electrons. The van der Waals surface area contributed by atoms with Crippen LogP contribution in [0.5, 0.6) is 0 Å². The summed E-state index contributed by atoms with van der Waals surface area (Å²) in [6, 6.07) is 7.18. The van der Waals surface area contributed by atoms with Crippen LogP contribution in [-0.2, 0) is 44.6 Å². The van der Waals surface area contributed by atoms with Crippen LogP contribution in [0.25, 0.3) is 0 Å². The maximum Gasteiger partial charge on any atom is 0.323 e. The van der Waals surface area contributed by atoms with E-state index in [1.807, 2.05) is 70.0 Å². The smallest absolute Gasteiger partial charge is 0.323 e. The lowest BCUT2D eigenvalue weighted by Crippen LogP contribution is -2.57. The maximum atomic E-state index is 14.1. The molecule has 2 saturated heterocycles. The molecule has 2 N–H and O–H groups in total. The van der Waals surface area contributed by atoms with Gasteiger partial charge in [0.2, 0.25) is 11.8 Å². The van der Waals surface area contributed by atoms with Gasteiger partial charge in [0.25, 0.3) is 11.7 Å². The Morgan fingerprint density at radius 1 is 1.02 bits per heavy atom. The largest absolute Gasteiger partial charge is 0.455 e. The van der Waals surface area contributed by atoms with E-state index in [4.69, 9.17) is 14.2 Å². The molecule has 0 aliphatic carbocycles. The number of aromatic nitrogens is 1. The van der Waals surface area contributed by atoms with Gasteiger partial charge in [0.15, 0.2) is 12.0 Å². The quantitative estimate of drug-likeness (QED) is 0.182. The molecule has 5 atom stereocenters. The molecule has 14 nitrogen and oxygen atoms in total. The molecule has 4 rings (SSSR count). The van der Waals surface area contributed by atoms with Gasteiger partial charge in [0.1, 0.15) is 16.7 Å². The third kappa shape index (κ3) is 11.8. The van der Waals surface area contributed by atoms with Crippen molar-refractivity contribution < 1.29 is 43.0 Å². The number of piperidine rings is 1. The number of hydrogen-bond donors (Lipinski definition) is 2. The van der Waals surface area contributed by atoms with E-state index >= 15 is 0 Å². The Morgan fingerprint density at radius 2 is 1.67 bits per heavy atom. The van der Waals surface area contributed by atoms with Crippen LogP contribution in [0.2, 0.25) is 0 Å². The second kappa shape index (κ2) is 19.0. The zero-order valence-corrected chi connectivity index (χ0v) is 34.3. The highest BCUT2D eigenvalue weighted by Gasteiger charge is 2.44. The molecular formula is C40H57N5O9S. The molecule has 55 heavy (non-hydrogen) atoms. The van der Waals surface area contributed by atoms with Crippen molar-refractivity contribution in [3.63, 3.8) is 0 Å². The predicted octanol–water partition coefficient (Wildman–Crippen LogP) is 4.43. The predicted molar refractivity (Wildman–Crippen MR) is 205 cm³/mol. The fraction of sp³-hybridized carbons (Fsp3) is 0.625. The summed E-state index contributed by atoms with van der Waals surface area (Å²) < 4.78 is 16.4. The number of nitrogens with one attached hydrogen (secondary N) is 2. The number of ether oxygens (including phenoxy) is 3. The second-order valence-electron chi connectivity index (χ2n) is 15.8. The number of benzene rings is 1. The number of hydrogen-bond acceptors (Lipinski definition) is 12. The van der Waals surface area contributed by atoms with Gasteiger partial charge >= 0.3 is 17.9 Å². The van der Waals surface area contributed by atoms with Crippen LogP contribution < -0.4 is 10.6 Å². The molecule has 1 unspecified atom stereocenters. The van der Waals surface area contributed by atoms with E-state index in [0.717, 1.165) is 42.7 Å². The summed E-state index contributed by atoms with van der Waals surface area (Å²) in [7, 11) is 3.62. The van der Waals surface area contributed by atoms with Crippen molar-refractivity contribution >= 4 is 47.0 Å². The third-order valence-electron chi connectivity index (χ3n) is 10.2. The van der Waals surface area contributed by atoms with Crippen molar-refractivity contribution in [2.24, 2.45) is 17.8 Å². The summed E-state index contributed by atoms with van der Waals surface area (Å²) in [5.41, 5.74) is 0.935. The van der Waals surface area contributed by atoms with Crippen LogP contribution in [-0.4, -0.2) is 101 Å². The molecule has 1 aromatic heterocycles. The van der Waals surface area contributed by atoms with Gasteiger partial charge in [0, 0.05) is 51.7 Å². The van der Waals surface area contributed by atoms with Gasteiger partial charge in [-0.3, -0.25) is 33.7 Å². The number of esters is 3. The number of thiazole rings is 1. The lowest BCUT2D eigenvalue weighted by Gasteiger charge is -2.37. The summed E-state index contributed by atoms with van der Waals surface area (Å²) in [6.07, 6.45) is 2.28. The minimum absolute atomic E-state index is 0.0611. The highest BCUT2D eigenvalue weighted by molar-refractivity contribution is 7.09. The first-order valence-corrected chi connectivity index (χ1v) is 19.9. The Bertz CT molecular complexity index is 1660. The molecule has 3 amide bonds. The Hall–Kier alpha value is -4.37. The molecule has 3 heterocycles. The standard InChI is InChI=1S/C40H57N5O9S/c1-23(2)31(45(9)37(49)33(24(3)4)43-35(48)30-17-13-14-18-44(30)8)21-32(52-25(5)46)36-42-29(22-55-36)34(47)41-27(19-26-15-11-10-12-16-26)20-28-38(50)53-40(6,7)54-39(28)51/h10-12,15-16,22-24,27-28,30-33H,13-14,17-21H2,1-9H3,(H,41,47)(H,43,48)/t27-,30+,31?,32+,33-/m0/s1. The zero-order chi connectivity index (χ0) is 40.6. The summed E-state index contributed by atoms with van der Waals surface area (Å²) in [5, 5.41) is 7.88. The van der Waals surface area contributed by atoms with Crippen molar-refractivity contribution in [1.82, 2.24) is 25.4 Å². The topological polar surface area (TPSA) is 174 Å². The number of likely N-dealkylation sites (tertiary alicyclic amines) is 1. The Labute approximate surface area is 328 Å². The number of amides is 3. The Kier molecular flexibility index (Phi) is 15.0. The Balaban J connectivity index is 1.51. The number of rotatable bonds is 16. The van der Waals surface area contributed by atoms with Gasteiger partial charge in [0.05, 0.1) is 6.04 Å². The van der Waals surface area contributed by atoms with Crippen LogP contribution in [0.1, 0.15) is 108 Å². The molecule has 2 aliphatic heterocycles. The second-order valence-corrected chi connectivity index (χ2v) is 16.7. The SMILES string of the molecule is CC(=O)O[C@H](CC(C(C)C)N(C)C(=O)[C@@H](NC(=O)[C@H]1CCCCN1C)C(C)C)c1nc(C(=O)N[C@@H](Cc2ccccc2)CC2C(=O)OC(C)(C)OC2=O)cs1. The number of carbonyl (C=O) groups excluding carboxylic acids is 6. The van der Waals surface area contributed by atoms with E-state index < -0.39 is 59.7 Å². The molecule has 1 aromatic carbocycles. The van der Waals surface area contributed by atoms with E-state index in [-0.39, 0.29) is 48.2 Å². The fourth-order valence-corrected chi connectivity index (χ4v) is 8.00. The Morgan fingerprint density at radius 3 is 2.25 bits per heavy atom. The van der Waals surface area contributed by atoms with E-state index in [2.05, 4.69) is 15.6 Å². The molecule has 2 aromatic rings. The monoisotopic (exact) mass is 783 g/mol. The van der Waals surface area contributed by atoms with Crippen LogP contribution in [0, 0.1) is 17.8 Å². The van der Waals surface area contributed by atoms with Crippen LogP contribution >= 0.6 is 11.3 Å². The van der Waals surface area contributed by atoms with Crippen molar-refractivity contribution in [3.05, 3.63) is 52.0 Å². The van der Waals surface area contributed by atoms with E-state index in [9.17, 15) is 28.8 Å². The highest BCUT2D eigenvalue weighted by atomic mass is 32.1. The van der Waals surface area contributed by atoms with Crippen LogP contribution in [0.15, 0.2) is 35.7 Å². The van der Waals surface area contributed by atoms with Gasteiger partial charge in [-0.05, 0) is 56.7 Å². The number of carbonyl (C=O) groups is 6. The summed E-state index contributed by atoms with van der Waals surface area (Å²) in [5.74, 6) is -5.84. The first-order chi connectivity index (χ1) is 25.9. The van der Waals surface area contributed by atoms with E-state index in [0.29, 0.717) is 11.4 Å². The van der Waals surface area contributed by atoms with Crippen molar-refractivity contribution in [2.45, 2.75) is 123 Å². The summed E-state index contributed by atoms with van der Waals surface area (Å²) in [6.45, 7) is 12.8. The first kappa shape index (κ1) is 43.4. The van der Waals surface area contributed by atoms with Gasteiger partial charge in [-0.1, -0.05) is 64.4 Å². The first-order valence-electron chi connectivity index (χ1n) is 19.1. The molecule has 0 bridgehead atoms. The third-order valence-corrected chi connectivity index (χ3v) is 11.1. The average Bonchev–Trinajstić information content (AvgIpc) is 3.60. The average molecular weight is 784 g/mol. The molecule has 2 fully saturated rings. The summed E-state index contributed by atoms with van der Waals surface area (Å²) in [4.78, 5) is 87.4. The lowest BCUT2D eigenvalue weighted by molar-refractivity contribution is -0.240. The van der Waals surface area contributed by atoms with Crippen molar-refractivity contribution in [2.75, 3.05) is 20.6 Å². The highest BCUT2D eigenvalue weighted by Crippen LogP contribution is 2.32. The fourth-order valence-electron chi connectivity index (χ4n) is 7.16. The maximum absolute atomic E-state index is 14.1. The summed E-state index contributed by atoms with van der Waals surface area (Å²) >= 11 is 1.14. The minimum atomic E-state index is -1.38. The van der Waals surface area contributed by atoms with Gasteiger partial charge in [-0.25, -0.2) is 4.98 Å². The van der Waals surface area contributed by atoms with E-state index in [1.54, 1.807) is 17.3 Å². The number of cyclic esters (lactones) is 2. The molecule has 2 aliphatic rings. The molecular weight excluding hydrogens is 727 g/mol. The minimum Gasteiger partial charge on any atom is -0.455 e. The van der Waals surface area contributed by atoms with Gasteiger partial charge in [-0.2, -0.15) is 0 Å². The van der Waals surface area contributed by atoms with E-state index in [1.165, 1.54) is 20.8 Å².